The van der Waals surface area contributed by atoms with Crippen molar-refractivity contribution in [2.75, 3.05) is 26.2 Å². The van der Waals surface area contributed by atoms with Gasteiger partial charge in [-0.15, -0.1) is 0 Å². The molecular formula is C24H35NO2. The van der Waals surface area contributed by atoms with Gasteiger partial charge in [-0.1, -0.05) is 75.2 Å². The minimum atomic E-state index is -0.659. The number of unbranched alkanes of at least 4 members (excludes halogenated alkanes) is 2. The largest absolute Gasteiger partial charge is 0.493 e. The summed E-state index contributed by atoms with van der Waals surface area (Å²) in [5.74, 6) is 0.780. The van der Waals surface area contributed by atoms with E-state index in [0.29, 0.717) is 6.61 Å². The van der Waals surface area contributed by atoms with E-state index in [1.165, 1.54) is 38.8 Å². The maximum atomic E-state index is 10.7. The van der Waals surface area contributed by atoms with Crippen LogP contribution in [0.5, 0.6) is 5.75 Å². The Kier molecular flexibility index (Phi) is 9.96. The van der Waals surface area contributed by atoms with E-state index < -0.39 is 6.10 Å². The average Bonchev–Trinajstić information content (AvgIpc) is 2.73. The van der Waals surface area contributed by atoms with Crippen LogP contribution in [-0.4, -0.2) is 36.2 Å². The highest BCUT2D eigenvalue weighted by Crippen LogP contribution is 2.29. The molecular weight excluding hydrogens is 334 g/mol. The van der Waals surface area contributed by atoms with Crippen LogP contribution in [0.3, 0.4) is 0 Å². The van der Waals surface area contributed by atoms with Crippen molar-refractivity contribution in [3.05, 3.63) is 65.7 Å². The second kappa shape index (κ2) is 12.5. The summed E-state index contributed by atoms with van der Waals surface area (Å²) in [6.45, 7) is 8.60. The highest BCUT2D eigenvalue weighted by molar-refractivity contribution is 5.40. The molecule has 0 aliphatic carbocycles. The molecule has 0 amide bonds. The third-order valence-corrected chi connectivity index (χ3v) is 4.86. The van der Waals surface area contributed by atoms with Crippen molar-refractivity contribution in [1.82, 2.24) is 4.90 Å². The quantitative estimate of drug-likeness (QED) is 0.477. The highest BCUT2D eigenvalue weighted by Gasteiger charge is 2.15. The van der Waals surface area contributed by atoms with Crippen molar-refractivity contribution in [3.63, 3.8) is 0 Å². The first-order valence-electron chi connectivity index (χ1n) is 10.4. The van der Waals surface area contributed by atoms with Gasteiger partial charge < -0.3 is 14.7 Å². The second-order valence-corrected chi connectivity index (χ2v) is 7.10. The molecule has 3 heteroatoms. The number of hydrogen-bond acceptors (Lipinski definition) is 3. The van der Waals surface area contributed by atoms with Gasteiger partial charge in [-0.3, -0.25) is 0 Å². The third kappa shape index (κ3) is 7.36. The van der Waals surface area contributed by atoms with E-state index in [-0.39, 0.29) is 0 Å². The van der Waals surface area contributed by atoms with Crippen LogP contribution in [0.4, 0.5) is 0 Å². The lowest BCUT2D eigenvalue weighted by molar-refractivity contribution is 0.203. The van der Waals surface area contributed by atoms with E-state index in [9.17, 15) is 5.11 Å². The molecule has 2 aromatic carbocycles. The molecule has 0 aliphatic heterocycles. The van der Waals surface area contributed by atoms with E-state index in [1.54, 1.807) is 0 Å². The zero-order valence-electron chi connectivity index (χ0n) is 16.9. The summed E-state index contributed by atoms with van der Waals surface area (Å²) in [6.07, 6.45) is 5.35. The summed E-state index contributed by atoms with van der Waals surface area (Å²) >= 11 is 0. The Morgan fingerprint density at radius 1 is 0.815 bits per heavy atom. The lowest BCUT2D eigenvalue weighted by Crippen LogP contribution is -2.28. The topological polar surface area (TPSA) is 32.7 Å². The molecule has 0 spiro atoms. The van der Waals surface area contributed by atoms with Gasteiger partial charge in [0.05, 0.1) is 6.61 Å². The van der Waals surface area contributed by atoms with E-state index in [1.807, 2.05) is 54.6 Å². The van der Waals surface area contributed by atoms with Crippen LogP contribution >= 0.6 is 0 Å². The van der Waals surface area contributed by atoms with Crippen LogP contribution in [-0.2, 0) is 0 Å². The summed E-state index contributed by atoms with van der Waals surface area (Å²) in [7, 11) is 0. The summed E-state index contributed by atoms with van der Waals surface area (Å²) in [5, 5.41) is 10.7. The summed E-state index contributed by atoms with van der Waals surface area (Å²) in [4.78, 5) is 2.56. The Balaban J connectivity index is 1.88. The van der Waals surface area contributed by atoms with Crippen LogP contribution in [0.25, 0.3) is 0 Å². The van der Waals surface area contributed by atoms with E-state index in [4.69, 9.17) is 4.74 Å². The normalized spacial score (nSPS) is 12.3. The van der Waals surface area contributed by atoms with Crippen molar-refractivity contribution in [2.45, 2.75) is 52.1 Å². The van der Waals surface area contributed by atoms with Crippen molar-refractivity contribution in [1.29, 1.82) is 0 Å². The fraction of sp³-hybridized carbons (Fsp3) is 0.500. The third-order valence-electron chi connectivity index (χ3n) is 4.86. The lowest BCUT2D eigenvalue weighted by Gasteiger charge is -2.22. The molecule has 0 aromatic heterocycles. The maximum Gasteiger partial charge on any atom is 0.125 e. The number of hydrogen-bond donors (Lipinski definition) is 1. The molecule has 27 heavy (non-hydrogen) atoms. The number of para-hydroxylation sites is 1. The fourth-order valence-corrected chi connectivity index (χ4v) is 3.22. The van der Waals surface area contributed by atoms with Crippen LogP contribution in [0.15, 0.2) is 54.6 Å². The summed E-state index contributed by atoms with van der Waals surface area (Å²) in [5.41, 5.74) is 1.72. The highest BCUT2D eigenvalue weighted by atomic mass is 16.5. The molecule has 0 radical (unpaired) electrons. The van der Waals surface area contributed by atoms with Crippen molar-refractivity contribution in [2.24, 2.45) is 0 Å². The zero-order valence-corrected chi connectivity index (χ0v) is 16.9. The number of aliphatic hydroxyl groups excluding tert-OH is 1. The van der Waals surface area contributed by atoms with Gasteiger partial charge in [0.25, 0.3) is 0 Å². The number of benzene rings is 2. The number of nitrogens with zero attached hydrogens (tertiary/aromatic N) is 1. The monoisotopic (exact) mass is 369 g/mol. The van der Waals surface area contributed by atoms with Crippen molar-refractivity contribution in [3.8, 4) is 5.75 Å². The number of rotatable bonds is 13. The van der Waals surface area contributed by atoms with Gasteiger partial charge in [0.15, 0.2) is 0 Å². The molecule has 1 atom stereocenters. The Bertz CT molecular complexity index is 621. The van der Waals surface area contributed by atoms with Gasteiger partial charge in [0, 0.05) is 12.1 Å². The van der Waals surface area contributed by atoms with Gasteiger partial charge in [0.1, 0.15) is 11.9 Å². The van der Waals surface area contributed by atoms with E-state index in [0.717, 1.165) is 29.8 Å². The molecule has 0 bridgehead atoms. The molecule has 3 nitrogen and oxygen atoms in total. The second-order valence-electron chi connectivity index (χ2n) is 7.10. The van der Waals surface area contributed by atoms with Gasteiger partial charge in [-0.05, 0) is 44.0 Å². The molecule has 1 N–H and O–H groups in total. The first-order chi connectivity index (χ1) is 13.3. The molecule has 148 valence electrons. The first kappa shape index (κ1) is 21.5. The number of ether oxygens (including phenoxy) is 1. The van der Waals surface area contributed by atoms with E-state index in [2.05, 4.69) is 18.7 Å². The molecule has 0 saturated heterocycles. The van der Waals surface area contributed by atoms with Crippen LogP contribution in [0, 0.1) is 0 Å². The van der Waals surface area contributed by atoms with Crippen LogP contribution in [0.2, 0.25) is 0 Å². The van der Waals surface area contributed by atoms with Gasteiger partial charge >= 0.3 is 0 Å². The van der Waals surface area contributed by atoms with Gasteiger partial charge in [-0.2, -0.15) is 0 Å². The Labute approximate surface area is 165 Å². The van der Waals surface area contributed by atoms with Gasteiger partial charge in [-0.25, -0.2) is 0 Å². The SMILES string of the molecule is CCCCN(CCCC)CCCOc1ccccc1C(O)c1ccccc1. The fourth-order valence-electron chi connectivity index (χ4n) is 3.22. The molecule has 1 unspecified atom stereocenters. The molecule has 0 aliphatic rings. The predicted molar refractivity (Wildman–Crippen MR) is 113 cm³/mol. The molecule has 2 rings (SSSR count). The first-order valence-corrected chi connectivity index (χ1v) is 10.4. The molecule has 0 heterocycles. The smallest absolute Gasteiger partial charge is 0.125 e. The Morgan fingerprint density at radius 3 is 2.07 bits per heavy atom. The summed E-state index contributed by atoms with van der Waals surface area (Å²) in [6, 6.07) is 17.6. The minimum Gasteiger partial charge on any atom is -0.493 e. The Morgan fingerprint density at radius 2 is 1.41 bits per heavy atom. The lowest BCUT2D eigenvalue weighted by atomic mass is 10.0. The van der Waals surface area contributed by atoms with Crippen molar-refractivity contribution >= 4 is 0 Å². The predicted octanol–water partition coefficient (Wildman–Crippen LogP) is 5.44. The summed E-state index contributed by atoms with van der Waals surface area (Å²) < 4.78 is 6.05. The maximum absolute atomic E-state index is 10.7. The minimum absolute atomic E-state index is 0.659. The standard InChI is InChI=1S/C24H35NO2/c1-3-5-17-25(18-6-4-2)19-12-20-27-23-16-11-10-15-22(23)24(26)21-13-8-7-9-14-21/h7-11,13-16,24,26H,3-6,12,17-20H2,1-2H3. The van der Waals surface area contributed by atoms with Crippen LogP contribution < -0.4 is 4.74 Å². The average molecular weight is 370 g/mol. The molecule has 0 fully saturated rings. The Hall–Kier alpha value is -1.84. The molecule has 2 aromatic rings. The zero-order chi connectivity index (χ0) is 19.3. The van der Waals surface area contributed by atoms with E-state index >= 15 is 0 Å². The van der Waals surface area contributed by atoms with Crippen molar-refractivity contribution < 1.29 is 9.84 Å². The van der Waals surface area contributed by atoms with Crippen LogP contribution in [0.1, 0.15) is 63.2 Å². The van der Waals surface area contributed by atoms with Gasteiger partial charge in [0.2, 0.25) is 0 Å². The molecule has 0 saturated carbocycles. The number of aliphatic hydroxyl groups is 1.